The number of rotatable bonds is 5. The average Bonchev–Trinajstić information content (AvgIpc) is 3.55. The molecule has 6 rings (SSSR count). The van der Waals surface area contributed by atoms with Crippen molar-refractivity contribution in [3.05, 3.63) is 40.9 Å². The molecule has 38 heavy (non-hydrogen) atoms. The second kappa shape index (κ2) is 9.98. The first-order valence-corrected chi connectivity index (χ1v) is 14.7. The van der Waals surface area contributed by atoms with Crippen LogP contribution in [0.25, 0.3) is 0 Å². The molecule has 3 unspecified atom stereocenters. The van der Waals surface area contributed by atoms with Gasteiger partial charge in [-0.1, -0.05) is 56.0 Å². The van der Waals surface area contributed by atoms with Gasteiger partial charge in [-0.2, -0.15) is 0 Å². The zero-order valence-corrected chi connectivity index (χ0v) is 23.0. The number of amides is 3. The molecule has 0 aromatic heterocycles. The van der Waals surface area contributed by atoms with Crippen LogP contribution in [-0.4, -0.2) is 52.5 Å². The Kier molecular flexibility index (Phi) is 6.79. The molecule has 7 nitrogen and oxygen atoms in total. The van der Waals surface area contributed by atoms with Crippen molar-refractivity contribution in [1.29, 1.82) is 0 Å². The van der Waals surface area contributed by atoms with Crippen LogP contribution in [0.1, 0.15) is 70.3 Å². The van der Waals surface area contributed by atoms with Gasteiger partial charge in [-0.3, -0.25) is 14.4 Å². The molecular weight excluding hydrogens is 502 g/mol. The monoisotopic (exact) mass is 539 g/mol. The molecule has 8 heteroatoms. The highest BCUT2D eigenvalue weighted by Crippen LogP contribution is 2.56. The van der Waals surface area contributed by atoms with Crippen LogP contribution in [0.4, 0.5) is 5.69 Å². The molecule has 5 aliphatic rings. The maximum atomic E-state index is 14.3. The lowest BCUT2D eigenvalue weighted by molar-refractivity contribution is -0.145. The molecule has 2 aliphatic carbocycles. The zero-order valence-electron chi connectivity index (χ0n) is 22.3. The first-order valence-electron chi connectivity index (χ1n) is 14.4. The Morgan fingerprint density at radius 3 is 2.50 bits per heavy atom. The van der Waals surface area contributed by atoms with Gasteiger partial charge in [0.1, 0.15) is 11.6 Å². The minimum atomic E-state index is -1.11. The number of hydrogen-bond acceptors (Lipinski definition) is 4. The van der Waals surface area contributed by atoms with Crippen LogP contribution in [0.5, 0.6) is 0 Å². The minimum absolute atomic E-state index is 0.0172. The molecule has 2 N–H and O–H groups in total. The van der Waals surface area contributed by atoms with E-state index < -0.39 is 29.6 Å². The summed E-state index contributed by atoms with van der Waals surface area (Å²) in [6, 6.07) is 4.74. The Morgan fingerprint density at radius 2 is 1.79 bits per heavy atom. The number of halogens is 1. The summed E-state index contributed by atoms with van der Waals surface area (Å²) in [4.78, 5) is 43.7. The topological polar surface area (TPSA) is 87.7 Å². The fraction of sp³-hybridized carbons (Fsp3) is 0.633. The Hall–Kier alpha value is -2.38. The quantitative estimate of drug-likeness (QED) is 0.528. The van der Waals surface area contributed by atoms with Crippen molar-refractivity contribution in [3.63, 3.8) is 0 Å². The minimum Gasteiger partial charge on any atom is -0.359 e. The highest BCUT2D eigenvalue weighted by Gasteiger charge is 2.73. The number of carbonyl (C=O) groups is 3. The number of benzene rings is 1. The van der Waals surface area contributed by atoms with E-state index in [-0.39, 0.29) is 29.8 Å². The van der Waals surface area contributed by atoms with E-state index in [0.29, 0.717) is 16.6 Å². The summed E-state index contributed by atoms with van der Waals surface area (Å²) in [6.45, 7) is 4.15. The molecular formula is C30H38ClN3O4. The number of nitrogens with zero attached hydrogens (tertiary/aromatic N) is 1. The second-order valence-electron chi connectivity index (χ2n) is 12.2. The molecule has 2 saturated carbocycles. The third-order valence-corrected chi connectivity index (χ3v) is 10.0. The summed E-state index contributed by atoms with van der Waals surface area (Å²) in [7, 11) is 0. The van der Waals surface area contributed by atoms with Crippen LogP contribution in [0, 0.1) is 24.7 Å². The molecule has 4 fully saturated rings. The van der Waals surface area contributed by atoms with Crippen LogP contribution in [0.2, 0.25) is 5.02 Å². The van der Waals surface area contributed by atoms with Gasteiger partial charge < -0.3 is 20.3 Å². The van der Waals surface area contributed by atoms with E-state index in [0.717, 1.165) is 56.9 Å². The SMILES string of the molecule is Cc1ccc(NC(=O)C2[C@@H]3C=CC4(O3)C(C(=O)NC3CCCCC3)N(C3CCC(C)CC3)C(=O)[C@H]24)cc1Cl. The van der Waals surface area contributed by atoms with Crippen molar-refractivity contribution in [3.8, 4) is 0 Å². The lowest BCUT2D eigenvalue weighted by Crippen LogP contribution is -2.58. The third kappa shape index (κ3) is 4.26. The Balaban J connectivity index is 1.31. The summed E-state index contributed by atoms with van der Waals surface area (Å²) in [5.41, 5.74) is 0.392. The van der Waals surface area contributed by atoms with Gasteiger partial charge in [-0.05, 0) is 69.1 Å². The van der Waals surface area contributed by atoms with Gasteiger partial charge in [-0.25, -0.2) is 0 Å². The lowest BCUT2D eigenvalue weighted by Gasteiger charge is -2.40. The second-order valence-corrected chi connectivity index (χ2v) is 12.6. The molecule has 1 aromatic rings. The molecule has 2 saturated heterocycles. The van der Waals surface area contributed by atoms with Crippen molar-refractivity contribution >= 4 is 35.0 Å². The Labute approximate surface area is 229 Å². The van der Waals surface area contributed by atoms with E-state index in [1.165, 1.54) is 6.42 Å². The van der Waals surface area contributed by atoms with Crippen molar-refractivity contribution in [2.24, 2.45) is 17.8 Å². The van der Waals surface area contributed by atoms with E-state index in [4.69, 9.17) is 16.3 Å². The summed E-state index contributed by atoms with van der Waals surface area (Å²) in [5.74, 6) is -1.34. The molecule has 3 aliphatic heterocycles. The fourth-order valence-corrected chi connectivity index (χ4v) is 7.72. The van der Waals surface area contributed by atoms with E-state index >= 15 is 0 Å². The number of anilines is 1. The predicted octanol–water partition coefficient (Wildman–Crippen LogP) is 4.77. The summed E-state index contributed by atoms with van der Waals surface area (Å²) in [6.07, 6.45) is 12.4. The number of nitrogens with one attached hydrogen (secondary N) is 2. The number of ether oxygens (including phenoxy) is 1. The summed E-state index contributed by atoms with van der Waals surface area (Å²) < 4.78 is 6.51. The maximum Gasteiger partial charge on any atom is 0.246 e. The molecule has 1 aromatic carbocycles. The molecule has 5 atom stereocenters. The van der Waals surface area contributed by atoms with Gasteiger partial charge in [0.05, 0.1) is 17.9 Å². The van der Waals surface area contributed by atoms with Gasteiger partial charge in [0.2, 0.25) is 17.7 Å². The highest BCUT2D eigenvalue weighted by molar-refractivity contribution is 6.31. The number of likely N-dealkylation sites (tertiary alicyclic amines) is 1. The molecule has 204 valence electrons. The normalized spacial score (nSPS) is 36.4. The van der Waals surface area contributed by atoms with Crippen LogP contribution in [-0.2, 0) is 19.1 Å². The van der Waals surface area contributed by atoms with Gasteiger partial charge >= 0.3 is 0 Å². The first-order chi connectivity index (χ1) is 18.3. The number of fused-ring (bicyclic) bond motifs is 1. The van der Waals surface area contributed by atoms with Crippen molar-refractivity contribution in [2.75, 3.05) is 5.32 Å². The largest absolute Gasteiger partial charge is 0.359 e. The maximum absolute atomic E-state index is 14.3. The third-order valence-electron chi connectivity index (χ3n) is 9.63. The van der Waals surface area contributed by atoms with Gasteiger partial charge in [-0.15, -0.1) is 0 Å². The smallest absolute Gasteiger partial charge is 0.246 e. The number of hydrogen-bond donors (Lipinski definition) is 2. The van der Waals surface area contributed by atoms with Crippen LogP contribution in [0.15, 0.2) is 30.4 Å². The molecule has 2 bridgehead atoms. The van der Waals surface area contributed by atoms with Crippen LogP contribution >= 0.6 is 11.6 Å². The molecule has 1 spiro atoms. The van der Waals surface area contributed by atoms with Crippen LogP contribution < -0.4 is 10.6 Å². The van der Waals surface area contributed by atoms with E-state index in [2.05, 4.69) is 17.6 Å². The van der Waals surface area contributed by atoms with Crippen molar-refractivity contribution < 1.29 is 19.1 Å². The Morgan fingerprint density at radius 1 is 1.05 bits per heavy atom. The average molecular weight is 540 g/mol. The van der Waals surface area contributed by atoms with Crippen LogP contribution in [0.3, 0.4) is 0 Å². The van der Waals surface area contributed by atoms with E-state index in [1.807, 2.05) is 36.1 Å². The molecule has 0 radical (unpaired) electrons. The van der Waals surface area contributed by atoms with Gasteiger partial charge in [0, 0.05) is 22.8 Å². The molecule has 3 amide bonds. The van der Waals surface area contributed by atoms with E-state index in [9.17, 15) is 14.4 Å². The summed E-state index contributed by atoms with van der Waals surface area (Å²) >= 11 is 6.29. The first kappa shape index (κ1) is 25.9. The molecule has 3 heterocycles. The fourth-order valence-electron chi connectivity index (χ4n) is 7.54. The van der Waals surface area contributed by atoms with Gasteiger partial charge in [0.25, 0.3) is 0 Å². The Bertz CT molecular complexity index is 1160. The highest BCUT2D eigenvalue weighted by atomic mass is 35.5. The van der Waals surface area contributed by atoms with E-state index in [1.54, 1.807) is 6.07 Å². The predicted molar refractivity (Wildman–Crippen MR) is 146 cm³/mol. The van der Waals surface area contributed by atoms with Crippen molar-refractivity contribution in [1.82, 2.24) is 10.2 Å². The van der Waals surface area contributed by atoms with Crippen molar-refractivity contribution in [2.45, 2.75) is 101 Å². The number of carbonyl (C=O) groups excluding carboxylic acids is 3. The lowest BCUT2D eigenvalue weighted by atomic mass is 9.74. The summed E-state index contributed by atoms with van der Waals surface area (Å²) in [5, 5.41) is 6.82. The standard InChI is InChI=1S/C30H38ClN3O4/c1-17-8-12-21(13-9-17)34-26(28(36)32-19-6-4-3-5-7-19)30-15-14-23(38-30)24(25(30)29(34)37)27(35)33-20-11-10-18(2)22(31)16-20/h10-11,14-17,19,21,23-26H,3-9,12-13H2,1-2H3,(H,32,36)(H,33,35)/t17?,21?,23-,24?,25-,26?,30?/m0/s1. The zero-order chi connectivity index (χ0) is 26.6. The van der Waals surface area contributed by atoms with Gasteiger partial charge in [0.15, 0.2) is 0 Å². The number of aryl methyl sites for hydroxylation is 1.